The Bertz CT molecular complexity index is 78.2. The molecule has 0 aromatic carbocycles. The first-order valence-electron chi connectivity index (χ1n) is 2.08. The van der Waals surface area contributed by atoms with E-state index in [0.29, 0.717) is 0 Å². The number of hydrogen-bond donors (Lipinski definition) is 0. The summed E-state index contributed by atoms with van der Waals surface area (Å²) in [6.45, 7) is 0. The Balaban J connectivity index is 0. The molecule has 1 aliphatic carbocycles. The molecular formula is C3H3BF5K. The van der Waals surface area contributed by atoms with Gasteiger partial charge in [0.1, 0.15) is 5.92 Å². The van der Waals surface area contributed by atoms with Crippen LogP contribution in [0.3, 0.4) is 0 Å². The normalized spacial score (nSPS) is 17.7. The first-order chi connectivity index (χ1) is 3.94. The maximum atomic E-state index is 11.1. The van der Waals surface area contributed by atoms with Crippen molar-refractivity contribution in [3.8, 4) is 0 Å². The topological polar surface area (TPSA) is 0 Å². The number of alkyl halides is 2. The van der Waals surface area contributed by atoms with Crippen molar-refractivity contribution in [2.24, 2.45) is 0 Å². The van der Waals surface area contributed by atoms with Crippen molar-refractivity contribution >= 4 is 7.54 Å². The Morgan fingerprint density at radius 2 is 1.30 bits per heavy atom. The fraction of sp³-hybridized carbons (Fsp3) is 0.667. The van der Waals surface area contributed by atoms with E-state index in [0.717, 1.165) is 6.42 Å². The molecule has 0 saturated heterocycles. The average molecular weight is 184 g/mol. The van der Waals surface area contributed by atoms with E-state index in [1.165, 1.54) is 0 Å². The summed E-state index contributed by atoms with van der Waals surface area (Å²) in [4.78, 5) is 0. The van der Waals surface area contributed by atoms with Crippen molar-refractivity contribution in [2.75, 3.05) is 0 Å². The van der Waals surface area contributed by atoms with Gasteiger partial charge in [0.05, 0.1) is 0 Å². The van der Waals surface area contributed by atoms with Crippen molar-refractivity contribution in [3.05, 3.63) is 6.42 Å². The minimum absolute atomic E-state index is 0. The zero-order valence-electron chi connectivity index (χ0n) is 5.25. The van der Waals surface area contributed by atoms with E-state index < -0.39 is 13.5 Å². The van der Waals surface area contributed by atoms with Crippen LogP contribution in [0.15, 0.2) is 0 Å². The Morgan fingerprint density at radius 1 is 1.20 bits per heavy atom. The third-order valence-electron chi connectivity index (χ3n) is 0.513. The SMILES string of the molecule is FB(F)F.FC1(F)[CH-]C1.[K+]. The Labute approximate surface area is 98.2 Å². The van der Waals surface area contributed by atoms with Gasteiger partial charge < -0.3 is 0 Å². The molecule has 54 valence electrons. The third-order valence-corrected chi connectivity index (χ3v) is 0.513. The van der Waals surface area contributed by atoms with Gasteiger partial charge in [-0.1, -0.05) is 0 Å². The van der Waals surface area contributed by atoms with Gasteiger partial charge >= 0.3 is 58.9 Å². The van der Waals surface area contributed by atoms with Crippen LogP contribution < -0.4 is 51.4 Å². The molecule has 0 N–H and O–H groups in total. The summed E-state index contributed by atoms with van der Waals surface area (Å²) >= 11 is 0. The van der Waals surface area contributed by atoms with Gasteiger partial charge in [0.15, 0.2) is 0 Å². The molecular weight excluding hydrogens is 181 g/mol. The molecule has 10 heavy (non-hydrogen) atoms. The summed E-state index contributed by atoms with van der Waals surface area (Å²) in [6, 6.07) is 0. The molecule has 0 aliphatic heterocycles. The van der Waals surface area contributed by atoms with Crippen molar-refractivity contribution in [1.82, 2.24) is 0 Å². The number of hydrogen-bond acceptors (Lipinski definition) is 0. The Morgan fingerprint density at radius 3 is 1.30 bits per heavy atom. The second kappa shape index (κ2) is 5.93. The zero-order valence-corrected chi connectivity index (χ0v) is 8.37. The van der Waals surface area contributed by atoms with Crippen molar-refractivity contribution in [2.45, 2.75) is 12.3 Å². The first kappa shape index (κ1) is 13.9. The van der Waals surface area contributed by atoms with Gasteiger partial charge in [0, 0.05) is 0 Å². The molecule has 0 aromatic rings. The molecule has 0 spiro atoms. The summed E-state index contributed by atoms with van der Waals surface area (Å²) in [6.07, 6.45) is 0.972. The van der Waals surface area contributed by atoms with Gasteiger partial charge in [-0.2, -0.15) is 0 Å². The van der Waals surface area contributed by atoms with Crippen LogP contribution in [0.1, 0.15) is 6.42 Å². The second-order valence-corrected chi connectivity index (χ2v) is 1.42. The van der Waals surface area contributed by atoms with Crippen LogP contribution in [0.5, 0.6) is 0 Å². The molecule has 0 atom stereocenters. The van der Waals surface area contributed by atoms with Gasteiger partial charge in [-0.15, -0.1) is 6.42 Å². The largest absolute Gasteiger partial charge is 1.00 e. The van der Waals surface area contributed by atoms with E-state index >= 15 is 0 Å². The van der Waals surface area contributed by atoms with Crippen LogP contribution in [0, 0.1) is 6.42 Å². The van der Waals surface area contributed by atoms with E-state index in [-0.39, 0.29) is 57.8 Å². The third kappa shape index (κ3) is 16.2. The van der Waals surface area contributed by atoms with Crippen LogP contribution in [0.2, 0.25) is 0 Å². The summed E-state index contributed by atoms with van der Waals surface area (Å²) in [5, 5.41) is 0. The second-order valence-electron chi connectivity index (χ2n) is 1.42. The predicted octanol–water partition coefficient (Wildman–Crippen LogP) is -0.887. The molecule has 0 aromatic heterocycles. The minimum atomic E-state index is -3.67. The van der Waals surface area contributed by atoms with Gasteiger partial charge in [-0.25, -0.2) is 8.78 Å². The molecule has 0 amide bonds. The molecule has 0 nitrogen and oxygen atoms in total. The summed E-state index contributed by atoms with van der Waals surface area (Å²) in [7, 11) is -3.67. The van der Waals surface area contributed by atoms with E-state index in [2.05, 4.69) is 0 Å². The monoisotopic (exact) mass is 184 g/mol. The van der Waals surface area contributed by atoms with E-state index in [9.17, 15) is 21.7 Å². The molecule has 7 heteroatoms. The Kier molecular flexibility index (Phi) is 8.25. The van der Waals surface area contributed by atoms with Crippen LogP contribution in [0.25, 0.3) is 0 Å². The standard InChI is InChI=1S/C3H3F2.BF3.K/c4-3(5)1-2-3;2-1(3)4;/h1H,2H2;;/q-1;;+1. The molecule has 1 rings (SSSR count). The quantitative estimate of drug-likeness (QED) is 0.260. The first-order valence-corrected chi connectivity index (χ1v) is 2.08. The van der Waals surface area contributed by atoms with Crippen molar-refractivity contribution < 1.29 is 73.1 Å². The van der Waals surface area contributed by atoms with E-state index in [1.54, 1.807) is 0 Å². The van der Waals surface area contributed by atoms with Crippen LogP contribution in [-0.2, 0) is 0 Å². The van der Waals surface area contributed by atoms with Crippen LogP contribution in [0.4, 0.5) is 21.7 Å². The van der Waals surface area contributed by atoms with Crippen LogP contribution >= 0.6 is 0 Å². The van der Waals surface area contributed by atoms with Crippen molar-refractivity contribution in [3.63, 3.8) is 0 Å². The average Bonchev–Trinajstić information content (AvgIpc) is 2.16. The minimum Gasteiger partial charge on any atom is -0.260 e. The summed E-state index contributed by atoms with van der Waals surface area (Å²) < 4.78 is 51.2. The summed E-state index contributed by atoms with van der Waals surface area (Å²) in [5.41, 5.74) is 0. The molecule has 0 unspecified atom stereocenters. The predicted molar refractivity (Wildman–Crippen MR) is 22.9 cm³/mol. The molecule has 1 saturated carbocycles. The maximum Gasteiger partial charge on any atom is 1.00 e. The fourth-order valence-corrected chi connectivity index (χ4v) is 0.0772. The smallest absolute Gasteiger partial charge is 0.260 e. The maximum absolute atomic E-state index is 11.1. The van der Waals surface area contributed by atoms with E-state index in [1.807, 2.05) is 0 Å². The zero-order chi connectivity index (χ0) is 7.49. The number of rotatable bonds is 0. The molecule has 0 bridgehead atoms. The van der Waals surface area contributed by atoms with Gasteiger partial charge in [-0.3, -0.25) is 19.4 Å². The van der Waals surface area contributed by atoms with Crippen molar-refractivity contribution in [1.29, 1.82) is 0 Å². The Hall–Kier alpha value is 1.35. The van der Waals surface area contributed by atoms with Gasteiger partial charge in [0.2, 0.25) is 0 Å². The fourth-order valence-electron chi connectivity index (χ4n) is 0.0772. The molecule has 0 heterocycles. The molecule has 1 aliphatic rings. The van der Waals surface area contributed by atoms with E-state index in [4.69, 9.17) is 0 Å². The van der Waals surface area contributed by atoms with Crippen LogP contribution in [-0.4, -0.2) is 13.5 Å². The molecule has 1 fully saturated rings. The van der Waals surface area contributed by atoms with Gasteiger partial charge in [0.25, 0.3) is 0 Å². The number of halogens is 5. The van der Waals surface area contributed by atoms with Gasteiger partial charge in [-0.05, 0) is 0 Å². The summed E-state index contributed by atoms with van der Waals surface area (Å²) in [5.74, 6) is -2.38. The molecule has 0 radical (unpaired) electrons.